The lowest BCUT2D eigenvalue weighted by Gasteiger charge is -2.16. The molecule has 0 fully saturated rings. The number of rotatable bonds is 15. The Morgan fingerprint density at radius 2 is 1.42 bits per heavy atom. The summed E-state index contributed by atoms with van der Waals surface area (Å²) in [5, 5.41) is 0. The molecule has 0 aliphatic carbocycles. The zero-order valence-electron chi connectivity index (χ0n) is 20.3. The molecule has 2 aromatic carbocycles. The van der Waals surface area contributed by atoms with E-state index in [1.165, 1.54) is 0 Å². The normalized spacial score (nSPS) is 11.1. The van der Waals surface area contributed by atoms with Crippen molar-refractivity contribution in [2.45, 2.75) is 59.0 Å². The molecule has 0 saturated heterocycles. The van der Waals surface area contributed by atoms with Gasteiger partial charge >= 0.3 is 0 Å². The highest BCUT2D eigenvalue weighted by Crippen LogP contribution is 2.39. The van der Waals surface area contributed by atoms with Crippen LogP contribution < -0.4 is 14.2 Å². The van der Waals surface area contributed by atoms with Crippen LogP contribution in [0.2, 0.25) is 0 Å². The van der Waals surface area contributed by atoms with Crippen molar-refractivity contribution in [2.24, 2.45) is 5.92 Å². The molecule has 0 amide bonds. The van der Waals surface area contributed by atoms with Gasteiger partial charge in [0.05, 0.1) is 20.1 Å². The number of Topliss-reactive ketones (excluding diaryl/α,β-unsaturated/α-hetero) is 2. The van der Waals surface area contributed by atoms with Crippen molar-refractivity contribution in [1.82, 2.24) is 0 Å². The van der Waals surface area contributed by atoms with Gasteiger partial charge in [-0.3, -0.25) is 9.59 Å². The summed E-state index contributed by atoms with van der Waals surface area (Å²) in [6.07, 6.45) is 7.95. The van der Waals surface area contributed by atoms with Gasteiger partial charge in [-0.1, -0.05) is 56.3 Å². The van der Waals surface area contributed by atoms with Crippen molar-refractivity contribution < 1.29 is 23.8 Å². The third kappa shape index (κ3) is 8.08. The molecule has 5 heteroatoms. The van der Waals surface area contributed by atoms with Crippen LogP contribution in [0.25, 0.3) is 0 Å². The van der Waals surface area contributed by atoms with Crippen LogP contribution in [0, 0.1) is 5.92 Å². The molecule has 0 bridgehead atoms. The van der Waals surface area contributed by atoms with Gasteiger partial charge in [-0.15, -0.1) is 0 Å². The SMILES string of the molecule is CCC(=O)C(CC/C=C/CCc1cc(OC)c(OCc2ccccc2)c(OC)c1)C(=O)CC. The highest BCUT2D eigenvalue weighted by atomic mass is 16.5. The van der Waals surface area contributed by atoms with Gasteiger partial charge in [-0.25, -0.2) is 0 Å². The van der Waals surface area contributed by atoms with Gasteiger partial charge in [0.1, 0.15) is 18.2 Å². The molecule has 0 spiro atoms. The molecule has 33 heavy (non-hydrogen) atoms. The summed E-state index contributed by atoms with van der Waals surface area (Å²) >= 11 is 0. The van der Waals surface area contributed by atoms with Gasteiger partial charge in [-0.05, 0) is 48.9 Å². The van der Waals surface area contributed by atoms with E-state index >= 15 is 0 Å². The molecule has 5 nitrogen and oxygen atoms in total. The summed E-state index contributed by atoms with van der Waals surface area (Å²) in [5.74, 6) is 1.51. The van der Waals surface area contributed by atoms with Gasteiger partial charge in [-0.2, -0.15) is 0 Å². The first-order chi connectivity index (χ1) is 16.0. The minimum atomic E-state index is -0.457. The number of methoxy groups -OCH3 is 2. The Morgan fingerprint density at radius 3 is 1.97 bits per heavy atom. The van der Waals surface area contributed by atoms with E-state index in [0.29, 0.717) is 43.1 Å². The highest BCUT2D eigenvalue weighted by Gasteiger charge is 2.22. The molecule has 0 aromatic heterocycles. The molecule has 178 valence electrons. The first-order valence-corrected chi connectivity index (χ1v) is 11.7. The summed E-state index contributed by atoms with van der Waals surface area (Å²) in [6.45, 7) is 4.06. The molecular formula is C28H36O5. The van der Waals surface area contributed by atoms with Crippen molar-refractivity contribution in [3.8, 4) is 17.2 Å². The molecule has 0 atom stereocenters. The number of ketones is 2. The van der Waals surface area contributed by atoms with Crippen LogP contribution in [-0.4, -0.2) is 25.8 Å². The molecule has 0 N–H and O–H groups in total. The summed E-state index contributed by atoms with van der Waals surface area (Å²) in [7, 11) is 3.25. The first-order valence-electron chi connectivity index (χ1n) is 11.7. The van der Waals surface area contributed by atoms with E-state index in [2.05, 4.69) is 12.2 Å². The summed E-state index contributed by atoms with van der Waals surface area (Å²) < 4.78 is 17.1. The van der Waals surface area contributed by atoms with Crippen molar-refractivity contribution >= 4 is 11.6 Å². The second-order valence-electron chi connectivity index (χ2n) is 7.88. The maximum absolute atomic E-state index is 12.0. The Labute approximate surface area is 197 Å². The van der Waals surface area contributed by atoms with Crippen LogP contribution in [-0.2, 0) is 22.6 Å². The maximum atomic E-state index is 12.0. The van der Waals surface area contributed by atoms with Gasteiger partial charge < -0.3 is 14.2 Å². The van der Waals surface area contributed by atoms with Crippen LogP contribution in [0.15, 0.2) is 54.6 Å². The highest BCUT2D eigenvalue weighted by molar-refractivity contribution is 6.02. The molecule has 0 unspecified atom stereocenters. The Hall–Kier alpha value is -3.08. The van der Waals surface area contributed by atoms with Gasteiger partial charge in [0.2, 0.25) is 5.75 Å². The monoisotopic (exact) mass is 452 g/mol. The third-order valence-electron chi connectivity index (χ3n) is 5.61. The standard InChI is InChI=1S/C28H36O5/c1-5-24(29)23(25(30)6-2)17-13-8-7-10-16-22-18-26(31-3)28(27(19-22)32-4)33-20-21-14-11-9-12-15-21/h7-9,11-12,14-15,18-19,23H,5-6,10,13,16-17,20H2,1-4H3/b8-7+. The minimum Gasteiger partial charge on any atom is -0.493 e. The van der Waals surface area contributed by atoms with Crippen LogP contribution in [0.1, 0.15) is 57.1 Å². The van der Waals surface area contributed by atoms with Crippen LogP contribution >= 0.6 is 0 Å². The van der Waals surface area contributed by atoms with Crippen molar-refractivity contribution in [2.75, 3.05) is 14.2 Å². The molecular weight excluding hydrogens is 416 g/mol. The zero-order valence-corrected chi connectivity index (χ0v) is 20.3. The van der Waals surface area contributed by atoms with Crippen LogP contribution in [0.5, 0.6) is 17.2 Å². The number of carbonyl (C=O) groups excluding carboxylic acids is 2. The number of aryl methyl sites for hydroxylation is 1. The molecule has 2 rings (SSSR count). The quantitative estimate of drug-likeness (QED) is 0.240. The van der Waals surface area contributed by atoms with Crippen LogP contribution in [0.3, 0.4) is 0 Å². The number of allylic oxidation sites excluding steroid dienone is 2. The average Bonchev–Trinajstić information content (AvgIpc) is 2.86. The zero-order chi connectivity index (χ0) is 24.1. The summed E-state index contributed by atoms with van der Waals surface area (Å²) in [6, 6.07) is 13.9. The molecule has 2 aromatic rings. The number of carbonyl (C=O) groups is 2. The Balaban J connectivity index is 1.95. The molecule has 0 aliphatic heterocycles. The number of benzene rings is 2. The van der Waals surface area contributed by atoms with Crippen molar-refractivity contribution in [3.63, 3.8) is 0 Å². The second kappa shape index (κ2) is 14.1. The molecule has 0 saturated carbocycles. The van der Waals surface area contributed by atoms with Crippen LogP contribution in [0.4, 0.5) is 0 Å². The van der Waals surface area contributed by atoms with Crippen molar-refractivity contribution in [1.29, 1.82) is 0 Å². The number of ether oxygens (including phenoxy) is 3. The third-order valence-corrected chi connectivity index (χ3v) is 5.61. The Morgan fingerprint density at radius 1 is 0.848 bits per heavy atom. The van der Waals surface area contributed by atoms with Gasteiger partial charge in [0.15, 0.2) is 11.5 Å². The van der Waals surface area contributed by atoms with E-state index in [1.54, 1.807) is 14.2 Å². The minimum absolute atomic E-state index is 0.0454. The van der Waals surface area contributed by atoms with Gasteiger partial charge in [0, 0.05) is 12.8 Å². The van der Waals surface area contributed by atoms with E-state index in [1.807, 2.05) is 56.3 Å². The summed E-state index contributed by atoms with van der Waals surface area (Å²) in [5.41, 5.74) is 2.15. The van der Waals surface area contributed by atoms with E-state index in [4.69, 9.17) is 14.2 Å². The lowest BCUT2D eigenvalue weighted by Crippen LogP contribution is -2.22. The predicted molar refractivity (Wildman–Crippen MR) is 131 cm³/mol. The number of hydrogen-bond donors (Lipinski definition) is 0. The van der Waals surface area contributed by atoms with Gasteiger partial charge in [0.25, 0.3) is 0 Å². The lowest BCUT2D eigenvalue weighted by atomic mass is 9.91. The molecule has 0 radical (unpaired) electrons. The summed E-state index contributed by atoms with van der Waals surface area (Å²) in [4.78, 5) is 24.0. The van der Waals surface area contributed by atoms with E-state index in [0.717, 1.165) is 30.4 Å². The van der Waals surface area contributed by atoms with E-state index < -0.39 is 5.92 Å². The fourth-order valence-corrected chi connectivity index (χ4v) is 3.69. The van der Waals surface area contributed by atoms with E-state index in [-0.39, 0.29) is 11.6 Å². The average molecular weight is 453 g/mol. The van der Waals surface area contributed by atoms with E-state index in [9.17, 15) is 9.59 Å². The van der Waals surface area contributed by atoms with Crippen molar-refractivity contribution in [3.05, 3.63) is 65.7 Å². The topological polar surface area (TPSA) is 61.8 Å². The maximum Gasteiger partial charge on any atom is 0.203 e. The predicted octanol–water partition coefficient (Wildman–Crippen LogP) is 6.13. The molecule has 0 aliphatic rings. The largest absolute Gasteiger partial charge is 0.493 e. The molecule has 0 heterocycles. The lowest BCUT2D eigenvalue weighted by molar-refractivity contribution is -0.132. The fraction of sp³-hybridized carbons (Fsp3) is 0.429. The fourth-order valence-electron chi connectivity index (χ4n) is 3.69. The Kier molecular flexibility index (Phi) is 11.2. The first kappa shape index (κ1) is 26.2. The Bertz CT molecular complexity index is 876. The number of hydrogen-bond acceptors (Lipinski definition) is 5. The smallest absolute Gasteiger partial charge is 0.203 e. The second-order valence-corrected chi connectivity index (χ2v) is 7.88.